The van der Waals surface area contributed by atoms with Crippen LogP contribution in [-0.2, 0) is 31.7 Å². The van der Waals surface area contributed by atoms with E-state index in [1.807, 2.05) is 13.1 Å². The Kier molecular flexibility index (Phi) is 5.66. The van der Waals surface area contributed by atoms with Gasteiger partial charge in [0.2, 0.25) is 0 Å². The number of rotatable bonds is 3. The summed E-state index contributed by atoms with van der Waals surface area (Å²) in [6.45, 7) is 3.55. The first kappa shape index (κ1) is 17.5. The standard InChI is InChI=1S/C17H24N2O2.Pd/c1-3-21-12-6-4-11(5-7-12)13-8-9-15(18)16-14(13)10-19(2)17(16)20;/h8-9,11-12H,3-7,10,18H2,1-2H3;. The molecule has 0 saturated heterocycles. The minimum Gasteiger partial charge on any atom is -0.398 e. The maximum Gasteiger partial charge on any atom is 0.256 e. The predicted molar refractivity (Wildman–Crippen MR) is 83.3 cm³/mol. The molecule has 0 spiro atoms. The summed E-state index contributed by atoms with van der Waals surface area (Å²) in [6.07, 6.45) is 4.91. The average molecular weight is 395 g/mol. The molecule has 1 fully saturated rings. The van der Waals surface area contributed by atoms with Crippen LogP contribution in [0.4, 0.5) is 5.69 Å². The minimum absolute atomic E-state index is 0. The van der Waals surface area contributed by atoms with E-state index in [9.17, 15) is 4.79 Å². The molecule has 1 amide bonds. The molecule has 22 heavy (non-hydrogen) atoms. The van der Waals surface area contributed by atoms with Gasteiger partial charge in [0.25, 0.3) is 5.91 Å². The molecular formula is C17H24N2O2Pd. The molecule has 1 aromatic carbocycles. The second-order valence-electron chi connectivity index (χ2n) is 6.19. The molecule has 1 saturated carbocycles. The number of hydrogen-bond acceptors (Lipinski definition) is 3. The topological polar surface area (TPSA) is 55.6 Å². The summed E-state index contributed by atoms with van der Waals surface area (Å²) >= 11 is 0. The van der Waals surface area contributed by atoms with Crippen LogP contribution in [0.25, 0.3) is 0 Å². The average Bonchev–Trinajstić information content (AvgIpc) is 2.78. The van der Waals surface area contributed by atoms with Gasteiger partial charge in [-0.25, -0.2) is 0 Å². The van der Waals surface area contributed by atoms with Gasteiger partial charge in [-0.05, 0) is 55.7 Å². The van der Waals surface area contributed by atoms with Crippen LogP contribution in [0, 0.1) is 0 Å². The van der Waals surface area contributed by atoms with Gasteiger partial charge in [-0.1, -0.05) is 6.07 Å². The van der Waals surface area contributed by atoms with E-state index in [1.165, 1.54) is 5.56 Å². The zero-order valence-electron chi connectivity index (χ0n) is 13.2. The summed E-state index contributed by atoms with van der Waals surface area (Å²) in [5.74, 6) is 0.600. The van der Waals surface area contributed by atoms with E-state index in [2.05, 4.69) is 13.0 Å². The van der Waals surface area contributed by atoms with E-state index in [4.69, 9.17) is 10.5 Å². The van der Waals surface area contributed by atoms with Crippen molar-refractivity contribution in [3.63, 3.8) is 0 Å². The monoisotopic (exact) mass is 394 g/mol. The maximum absolute atomic E-state index is 12.2. The molecule has 2 N–H and O–H groups in total. The first-order valence-electron chi connectivity index (χ1n) is 7.90. The van der Waals surface area contributed by atoms with E-state index in [-0.39, 0.29) is 26.3 Å². The van der Waals surface area contributed by atoms with Crippen molar-refractivity contribution in [3.05, 3.63) is 28.8 Å². The van der Waals surface area contributed by atoms with Crippen LogP contribution in [0.1, 0.15) is 60.0 Å². The summed E-state index contributed by atoms with van der Waals surface area (Å²) in [7, 11) is 1.84. The number of nitrogen functional groups attached to an aromatic ring is 1. The van der Waals surface area contributed by atoms with Crippen molar-refractivity contribution in [2.45, 2.75) is 51.2 Å². The van der Waals surface area contributed by atoms with Gasteiger partial charge in [-0.15, -0.1) is 0 Å². The van der Waals surface area contributed by atoms with Crippen LogP contribution < -0.4 is 5.73 Å². The largest absolute Gasteiger partial charge is 0.398 e. The van der Waals surface area contributed by atoms with Crippen molar-refractivity contribution in [2.75, 3.05) is 19.4 Å². The summed E-state index contributed by atoms with van der Waals surface area (Å²) in [4.78, 5) is 14.0. The Labute approximate surface area is 146 Å². The summed E-state index contributed by atoms with van der Waals surface area (Å²) in [5, 5.41) is 0. The van der Waals surface area contributed by atoms with Crippen LogP contribution in [-0.4, -0.2) is 30.6 Å². The van der Waals surface area contributed by atoms with Crippen molar-refractivity contribution in [1.82, 2.24) is 4.90 Å². The zero-order chi connectivity index (χ0) is 15.0. The number of carbonyl (C=O) groups is 1. The molecule has 0 unspecified atom stereocenters. The van der Waals surface area contributed by atoms with Gasteiger partial charge in [0.05, 0.1) is 11.7 Å². The Balaban J connectivity index is 0.00000176. The van der Waals surface area contributed by atoms with E-state index < -0.39 is 0 Å². The molecular weight excluding hydrogens is 371 g/mol. The Morgan fingerprint density at radius 1 is 1.27 bits per heavy atom. The van der Waals surface area contributed by atoms with Crippen molar-refractivity contribution < 1.29 is 30.0 Å². The Hall–Kier alpha value is -0.888. The van der Waals surface area contributed by atoms with Gasteiger partial charge in [0, 0.05) is 46.3 Å². The number of nitrogens with two attached hydrogens (primary N) is 1. The van der Waals surface area contributed by atoms with Gasteiger partial charge in [0.15, 0.2) is 0 Å². The number of benzene rings is 1. The number of ether oxygens (including phenoxy) is 1. The minimum atomic E-state index is 0. The molecule has 0 radical (unpaired) electrons. The van der Waals surface area contributed by atoms with Crippen molar-refractivity contribution in [1.29, 1.82) is 0 Å². The first-order chi connectivity index (χ1) is 10.1. The Morgan fingerprint density at radius 3 is 2.59 bits per heavy atom. The molecule has 0 bridgehead atoms. The molecule has 0 atom stereocenters. The SMILES string of the molecule is CCOC1CCC(c2ccc(N)c3c2CN(C)C3=O)CC1.[Pd]. The van der Waals surface area contributed by atoms with E-state index in [1.54, 1.807) is 4.90 Å². The molecule has 5 heteroatoms. The predicted octanol–water partition coefficient (Wildman–Crippen LogP) is 2.91. The number of amides is 1. The summed E-state index contributed by atoms with van der Waals surface area (Å²) in [6, 6.07) is 4.03. The molecule has 1 aliphatic heterocycles. The fraction of sp³-hybridized carbons (Fsp3) is 0.588. The third kappa shape index (κ3) is 3.08. The van der Waals surface area contributed by atoms with Crippen molar-refractivity contribution in [3.8, 4) is 0 Å². The quantitative estimate of drug-likeness (QED) is 0.633. The van der Waals surface area contributed by atoms with E-state index in [0.717, 1.165) is 43.4 Å². The molecule has 124 valence electrons. The fourth-order valence-electron chi connectivity index (χ4n) is 3.76. The van der Waals surface area contributed by atoms with Gasteiger partial charge in [0.1, 0.15) is 0 Å². The Bertz CT molecular complexity index is 554. The van der Waals surface area contributed by atoms with Crippen molar-refractivity contribution >= 4 is 11.6 Å². The van der Waals surface area contributed by atoms with Crippen LogP contribution in [0.3, 0.4) is 0 Å². The zero-order valence-corrected chi connectivity index (χ0v) is 14.8. The number of nitrogens with zero attached hydrogens (tertiary/aromatic N) is 1. The van der Waals surface area contributed by atoms with Gasteiger partial charge in [-0.2, -0.15) is 0 Å². The van der Waals surface area contributed by atoms with Crippen LogP contribution in [0.2, 0.25) is 0 Å². The van der Waals surface area contributed by atoms with Crippen LogP contribution >= 0.6 is 0 Å². The maximum atomic E-state index is 12.2. The van der Waals surface area contributed by atoms with Gasteiger partial charge in [-0.3, -0.25) is 4.79 Å². The number of anilines is 1. The molecule has 2 aliphatic rings. The summed E-state index contributed by atoms with van der Waals surface area (Å²) < 4.78 is 5.73. The molecule has 1 aliphatic carbocycles. The molecule has 4 nitrogen and oxygen atoms in total. The van der Waals surface area contributed by atoms with Crippen LogP contribution in [0.15, 0.2) is 12.1 Å². The number of fused-ring (bicyclic) bond motifs is 1. The molecule has 1 aromatic rings. The van der Waals surface area contributed by atoms with E-state index in [0.29, 0.717) is 24.3 Å². The molecule has 3 rings (SSSR count). The smallest absolute Gasteiger partial charge is 0.256 e. The summed E-state index contributed by atoms with van der Waals surface area (Å²) in [5.41, 5.74) is 9.85. The molecule has 0 aromatic heterocycles. The van der Waals surface area contributed by atoms with E-state index >= 15 is 0 Å². The normalized spacial score (nSPS) is 24.1. The van der Waals surface area contributed by atoms with Gasteiger partial charge < -0.3 is 15.4 Å². The second kappa shape index (κ2) is 7.12. The van der Waals surface area contributed by atoms with Crippen molar-refractivity contribution in [2.24, 2.45) is 0 Å². The van der Waals surface area contributed by atoms with Gasteiger partial charge >= 0.3 is 0 Å². The Morgan fingerprint density at radius 2 is 1.95 bits per heavy atom. The van der Waals surface area contributed by atoms with Crippen LogP contribution in [0.5, 0.6) is 0 Å². The third-order valence-corrected chi connectivity index (χ3v) is 4.85. The first-order valence-corrected chi connectivity index (χ1v) is 7.90. The number of hydrogen-bond donors (Lipinski definition) is 1. The third-order valence-electron chi connectivity index (χ3n) is 4.85. The molecule has 1 heterocycles. The fourth-order valence-corrected chi connectivity index (χ4v) is 3.76. The second-order valence-corrected chi connectivity index (χ2v) is 6.19. The number of carbonyl (C=O) groups excluding carboxylic acids is 1.